The Hall–Kier alpha value is -3.47. The van der Waals surface area contributed by atoms with E-state index in [-0.39, 0.29) is 21.8 Å². The van der Waals surface area contributed by atoms with Gasteiger partial charge >= 0.3 is 0 Å². The number of Topliss-reactive ketones (excluding diaryl/α,β-unsaturated/α-hetero) is 1. The quantitative estimate of drug-likeness (QED) is 0.421. The van der Waals surface area contributed by atoms with E-state index in [1.807, 2.05) is 42.5 Å². The molecule has 150 valence electrons. The second-order valence-electron chi connectivity index (χ2n) is 8.94. The second kappa shape index (κ2) is 6.52. The topological polar surface area (TPSA) is 72.2 Å². The maximum atomic E-state index is 13.4. The van der Waals surface area contributed by atoms with Gasteiger partial charge in [-0.05, 0) is 40.3 Å². The molecule has 5 nitrogen and oxygen atoms in total. The Balaban J connectivity index is 1.82. The van der Waals surface area contributed by atoms with Crippen LogP contribution < -0.4 is 5.32 Å². The van der Waals surface area contributed by atoms with Crippen molar-refractivity contribution in [2.45, 2.75) is 32.7 Å². The maximum Gasteiger partial charge on any atom is 0.275 e. The molecule has 5 heteroatoms. The number of hydrogen-bond donors (Lipinski definition) is 1. The average molecular weight is 398 g/mol. The van der Waals surface area contributed by atoms with E-state index in [4.69, 9.17) is 0 Å². The molecule has 1 atom stereocenters. The summed E-state index contributed by atoms with van der Waals surface area (Å²) in [5.74, 6) is 0.115. The number of rotatable bonds is 2. The van der Waals surface area contributed by atoms with Crippen LogP contribution in [0.4, 0.5) is 11.4 Å². The van der Waals surface area contributed by atoms with Crippen LogP contribution in [-0.4, -0.2) is 10.7 Å². The largest absolute Gasteiger partial charge is 0.374 e. The molecule has 3 aromatic carbocycles. The normalized spacial score (nSPS) is 19.8. The third-order valence-corrected chi connectivity index (χ3v) is 6.18. The van der Waals surface area contributed by atoms with Crippen LogP contribution in [0, 0.1) is 15.5 Å². The number of carbonyl (C=O) groups is 1. The Kier molecular flexibility index (Phi) is 4.03. The summed E-state index contributed by atoms with van der Waals surface area (Å²) in [5, 5.41) is 17.4. The van der Waals surface area contributed by atoms with E-state index in [0.29, 0.717) is 18.4 Å². The van der Waals surface area contributed by atoms with Crippen LogP contribution in [0.5, 0.6) is 0 Å². The van der Waals surface area contributed by atoms with Crippen molar-refractivity contribution >= 4 is 33.5 Å². The molecule has 0 fully saturated rings. The van der Waals surface area contributed by atoms with Crippen molar-refractivity contribution in [2.75, 3.05) is 5.32 Å². The van der Waals surface area contributed by atoms with Gasteiger partial charge in [0, 0.05) is 29.3 Å². The minimum Gasteiger partial charge on any atom is -0.374 e. The number of nitro benzene ring substituents is 1. The third-order valence-electron chi connectivity index (χ3n) is 6.18. The molecule has 1 N–H and O–H groups in total. The molecule has 30 heavy (non-hydrogen) atoms. The van der Waals surface area contributed by atoms with Crippen LogP contribution in [0.3, 0.4) is 0 Å². The zero-order valence-electron chi connectivity index (χ0n) is 16.9. The van der Waals surface area contributed by atoms with Crippen molar-refractivity contribution in [1.29, 1.82) is 0 Å². The van der Waals surface area contributed by atoms with Crippen molar-refractivity contribution < 1.29 is 9.72 Å². The molecule has 0 bridgehead atoms. The first-order chi connectivity index (χ1) is 14.4. The van der Waals surface area contributed by atoms with Gasteiger partial charge in [0.2, 0.25) is 0 Å². The van der Waals surface area contributed by atoms with Crippen LogP contribution >= 0.6 is 0 Å². The lowest BCUT2D eigenvalue weighted by Gasteiger charge is -2.40. The fourth-order valence-corrected chi connectivity index (χ4v) is 4.98. The van der Waals surface area contributed by atoms with Gasteiger partial charge in [-0.25, -0.2) is 0 Å². The highest BCUT2D eigenvalue weighted by Gasteiger charge is 2.41. The lowest BCUT2D eigenvalue weighted by Crippen LogP contribution is -2.32. The monoisotopic (exact) mass is 398 g/mol. The van der Waals surface area contributed by atoms with Crippen molar-refractivity contribution in [2.24, 2.45) is 5.41 Å². The number of hydrogen-bond acceptors (Lipinski definition) is 4. The molecular formula is C25H22N2O3. The van der Waals surface area contributed by atoms with E-state index >= 15 is 0 Å². The third kappa shape index (κ3) is 2.81. The second-order valence-corrected chi connectivity index (χ2v) is 8.94. The number of nitrogens with one attached hydrogen (secondary N) is 1. The molecule has 1 heterocycles. The molecule has 0 aromatic heterocycles. The Morgan fingerprint density at radius 1 is 1.00 bits per heavy atom. The first kappa shape index (κ1) is 18.6. The molecule has 1 aliphatic carbocycles. The molecule has 0 spiro atoms. The van der Waals surface area contributed by atoms with Gasteiger partial charge in [-0.1, -0.05) is 56.3 Å². The van der Waals surface area contributed by atoms with Crippen molar-refractivity contribution in [3.8, 4) is 0 Å². The summed E-state index contributed by atoms with van der Waals surface area (Å²) in [7, 11) is 0. The number of fused-ring (bicyclic) bond motifs is 4. The maximum absolute atomic E-state index is 13.4. The van der Waals surface area contributed by atoms with E-state index in [9.17, 15) is 14.9 Å². The van der Waals surface area contributed by atoms with Gasteiger partial charge in [0.1, 0.15) is 0 Å². The number of anilines is 1. The summed E-state index contributed by atoms with van der Waals surface area (Å²) in [5.41, 5.74) is 3.95. The molecular weight excluding hydrogens is 376 g/mol. The summed E-state index contributed by atoms with van der Waals surface area (Å²) in [6, 6.07) is 18.5. The van der Waals surface area contributed by atoms with Crippen molar-refractivity contribution in [1.82, 2.24) is 0 Å². The summed E-state index contributed by atoms with van der Waals surface area (Å²) in [4.78, 5) is 24.8. The molecule has 0 radical (unpaired) electrons. The number of allylic oxidation sites excluding steroid dienone is 1. The van der Waals surface area contributed by atoms with Crippen LogP contribution in [0.1, 0.15) is 43.9 Å². The molecule has 2 aliphatic rings. The fourth-order valence-electron chi connectivity index (χ4n) is 4.98. The van der Waals surface area contributed by atoms with E-state index < -0.39 is 6.04 Å². The van der Waals surface area contributed by atoms with Gasteiger partial charge in [-0.2, -0.15) is 0 Å². The van der Waals surface area contributed by atoms with Crippen LogP contribution in [0.2, 0.25) is 0 Å². The molecule has 0 saturated heterocycles. The SMILES string of the molecule is CC1(C)CC(=O)C2=C(C1)[C@@H](c1ccccc1[N+](=O)[O-])Nc1ccc3ccccc3c12. The number of benzene rings is 3. The Morgan fingerprint density at radius 2 is 1.73 bits per heavy atom. The highest BCUT2D eigenvalue weighted by Crippen LogP contribution is 2.52. The summed E-state index contributed by atoms with van der Waals surface area (Å²) < 4.78 is 0. The zero-order valence-corrected chi connectivity index (χ0v) is 16.9. The van der Waals surface area contributed by atoms with E-state index in [2.05, 4.69) is 19.2 Å². The van der Waals surface area contributed by atoms with E-state index in [1.54, 1.807) is 12.1 Å². The lowest BCUT2D eigenvalue weighted by atomic mass is 9.67. The highest BCUT2D eigenvalue weighted by atomic mass is 16.6. The fraction of sp³-hybridized carbons (Fsp3) is 0.240. The van der Waals surface area contributed by atoms with Crippen molar-refractivity contribution in [3.05, 3.63) is 87.5 Å². The first-order valence-electron chi connectivity index (χ1n) is 10.1. The minimum absolute atomic E-state index is 0.0712. The van der Waals surface area contributed by atoms with Gasteiger partial charge in [0.15, 0.2) is 5.78 Å². The molecule has 1 aliphatic heterocycles. The molecule has 0 saturated carbocycles. The number of nitrogens with zero attached hydrogens (tertiary/aromatic N) is 1. The van der Waals surface area contributed by atoms with Gasteiger partial charge in [-0.3, -0.25) is 14.9 Å². The van der Waals surface area contributed by atoms with Crippen molar-refractivity contribution in [3.63, 3.8) is 0 Å². The number of carbonyl (C=O) groups excluding carboxylic acids is 1. The lowest BCUT2D eigenvalue weighted by molar-refractivity contribution is -0.385. The predicted molar refractivity (Wildman–Crippen MR) is 118 cm³/mol. The predicted octanol–water partition coefficient (Wildman–Crippen LogP) is 6.06. The van der Waals surface area contributed by atoms with Gasteiger partial charge in [0.25, 0.3) is 5.69 Å². The Labute approximate surface area is 174 Å². The number of nitro groups is 1. The van der Waals surface area contributed by atoms with Gasteiger partial charge in [-0.15, -0.1) is 0 Å². The Morgan fingerprint density at radius 3 is 2.53 bits per heavy atom. The summed E-state index contributed by atoms with van der Waals surface area (Å²) in [6.45, 7) is 4.17. The van der Waals surface area contributed by atoms with E-state index in [0.717, 1.165) is 33.2 Å². The highest BCUT2D eigenvalue weighted by molar-refractivity contribution is 6.28. The number of para-hydroxylation sites is 1. The van der Waals surface area contributed by atoms with Gasteiger partial charge < -0.3 is 5.32 Å². The molecule has 0 amide bonds. The average Bonchev–Trinajstić information content (AvgIpc) is 2.71. The molecule has 0 unspecified atom stereocenters. The van der Waals surface area contributed by atoms with Crippen LogP contribution in [-0.2, 0) is 4.79 Å². The molecule has 3 aromatic rings. The minimum atomic E-state index is -0.404. The Bertz CT molecular complexity index is 1260. The van der Waals surface area contributed by atoms with Crippen LogP contribution in [0.15, 0.2) is 66.2 Å². The van der Waals surface area contributed by atoms with Gasteiger partial charge in [0.05, 0.1) is 16.5 Å². The summed E-state index contributed by atoms with van der Waals surface area (Å²) >= 11 is 0. The first-order valence-corrected chi connectivity index (χ1v) is 10.1. The smallest absolute Gasteiger partial charge is 0.275 e. The number of ketones is 1. The van der Waals surface area contributed by atoms with E-state index in [1.165, 1.54) is 6.07 Å². The molecule has 5 rings (SSSR count). The summed E-state index contributed by atoms with van der Waals surface area (Å²) in [6.07, 6.45) is 1.18. The van der Waals surface area contributed by atoms with Crippen LogP contribution in [0.25, 0.3) is 16.3 Å². The zero-order chi connectivity index (χ0) is 21.0. The standard InChI is InChI=1S/C25H22N2O3/c1-25(2)13-18-23(21(28)14-25)22-16-8-4-3-7-15(16)11-12-19(22)26-24(18)17-9-5-6-10-20(17)27(29)30/h3-12,24,26H,13-14H2,1-2H3/t24-/m1/s1.